The Kier molecular flexibility index (Phi) is 9.97. The van der Waals surface area contributed by atoms with Gasteiger partial charge in [0.15, 0.2) is 0 Å². The first kappa shape index (κ1) is 14.7. The molecule has 0 aliphatic carbocycles. The molecular formula is C14H28O. The predicted molar refractivity (Wildman–Crippen MR) is 67.0 cm³/mol. The van der Waals surface area contributed by atoms with Crippen molar-refractivity contribution >= 4 is 6.29 Å². The molecule has 0 aliphatic rings. The molecule has 0 radical (unpaired) electrons. The van der Waals surface area contributed by atoms with Crippen LogP contribution < -0.4 is 0 Å². The highest BCUT2D eigenvalue weighted by molar-refractivity contribution is 5.53. The molecule has 0 aliphatic heterocycles. The van der Waals surface area contributed by atoms with Gasteiger partial charge in [-0.1, -0.05) is 65.7 Å². The van der Waals surface area contributed by atoms with Gasteiger partial charge >= 0.3 is 0 Å². The zero-order valence-corrected chi connectivity index (χ0v) is 10.8. The molecule has 0 rings (SSSR count). The highest BCUT2D eigenvalue weighted by Crippen LogP contribution is 2.17. The van der Waals surface area contributed by atoms with Gasteiger partial charge in [-0.15, -0.1) is 0 Å². The van der Waals surface area contributed by atoms with Crippen LogP contribution in [0, 0.1) is 11.8 Å². The maximum absolute atomic E-state index is 10.8. The van der Waals surface area contributed by atoms with E-state index in [1.54, 1.807) is 0 Å². The first-order valence-corrected chi connectivity index (χ1v) is 6.67. The van der Waals surface area contributed by atoms with Gasteiger partial charge in [-0.2, -0.15) is 0 Å². The van der Waals surface area contributed by atoms with Crippen molar-refractivity contribution in [1.29, 1.82) is 0 Å². The summed E-state index contributed by atoms with van der Waals surface area (Å²) in [6.07, 6.45) is 11.6. The Bertz CT molecular complexity index is 140. The number of unbranched alkanes of at least 4 members (excludes halogenated alkanes) is 6. The van der Waals surface area contributed by atoms with E-state index in [0.29, 0.717) is 11.8 Å². The van der Waals surface area contributed by atoms with E-state index < -0.39 is 0 Å². The summed E-state index contributed by atoms with van der Waals surface area (Å²) in [6, 6.07) is 0. The first-order valence-electron chi connectivity index (χ1n) is 6.67. The fraction of sp³-hybridized carbons (Fsp3) is 0.929. The summed E-state index contributed by atoms with van der Waals surface area (Å²) < 4.78 is 0. The van der Waals surface area contributed by atoms with Crippen molar-refractivity contribution < 1.29 is 4.79 Å². The monoisotopic (exact) mass is 212 g/mol. The zero-order valence-electron chi connectivity index (χ0n) is 10.8. The molecule has 0 aromatic carbocycles. The van der Waals surface area contributed by atoms with E-state index in [-0.39, 0.29) is 0 Å². The van der Waals surface area contributed by atoms with Crippen molar-refractivity contribution in [3.8, 4) is 0 Å². The fourth-order valence-corrected chi connectivity index (χ4v) is 1.90. The molecule has 0 saturated carbocycles. The zero-order chi connectivity index (χ0) is 11.5. The second-order valence-corrected chi connectivity index (χ2v) is 4.95. The largest absolute Gasteiger partial charge is 0.303 e. The fourth-order valence-electron chi connectivity index (χ4n) is 1.90. The number of rotatable bonds is 10. The van der Waals surface area contributed by atoms with Crippen LogP contribution in [0.25, 0.3) is 0 Å². The summed E-state index contributed by atoms with van der Waals surface area (Å²) in [5, 5.41) is 0. The van der Waals surface area contributed by atoms with Gasteiger partial charge in [-0.25, -0.2) is 0 Å². The van der Waals surface area contributed by atoms with Gasteiger partial charge in [0.05, 0.1) is 0 Å². The second kappa shape index (κ2) is 10.2. The van der Waals surface area contributed by atoms with Crippen LogP contribution in [0.3, 0.4) is 0 Å². The van der Waals surface area contributed by atoms with Crippen LogP contribution >= 0.6 is 0 Å². The molecule has 90 valence electrons. The van der Waals surface area contributed by atoms with E-state index in [9.17, 15) is 4.79 Å². The third-order valence-corrected chi connectivity index (χ3v) is 3.17. The van der Waals surface area contributed by atoms with E-state index in [4.69, 9.17) is 0 Å². The van der Waals surface area contributed by atoms with E-state index in [1.807, 2.05) is 0 Å². The van der Waals surface area contributed by atoms with E-state index in [1.165, 1.54) is 44.9 Å². The first-order chi connectivity index (χ1) is 7.22. The summed E-state index contributed by atoms with van der Waals surface area (Å²) in [4.78, 5) is 10.8. The van der Waals surface area contributed by atoms with Crippen LogP contribution in [-0.2, 0) is 4.79 Å². The predicted octanol–water partition coefficient (Wildman–Crippen LogP) is 4.60. The van der Waals surface area contributed by atoms with Gasteiger partial charge in [-0.05, 0) is 12.3 Å². The molecule has 0 heterocycles. The molecule has 0 N–H and O–H groups in total. The average molecular weight is 212 g/mol. The van der Waals surface area contributed by atoms with Crippen LogP contribution in [0.4, 0.5) is 0 Å². The SMILES string of the molecule is CCCCCCCCCC(C=O)C(C)C. The maximum atomic E-state index is 10.8. The summed E-state index contributed by atoms with van der Waals surface area (Å²) >= 11 is 0. The molecule has 1 atom stereocenters. The van der Waals surface area contributed by atoms with Gasteiger partial charge in [0.1, 0.15) is 6.29 Å². The number of carbonyl (C=O) groups is 1. The van der Waals surface area contributed by atoms with Crippen LogP contribution in [-0.4, -0.2) is 6.29 Å². The standard InChI is InChI=1S/C14H28O/c1-4-5-6-7-8-9-10-11-14(12-15)13(2)3/h12-14H,4-11H2,1-3H3. The van der Waals surface area contributed by atoms with Crippen LogP contribution in [0.5, 0.6) is 0 Å². The van der Waals surface area contributed by atoms with Gasteiger partial charge < -0.3 is 4.79 Å². The number of hydrogen-bond donors (Lipinski definition) is 0. The molecule has 1 heteroatoms. The molecule has 0 bridgehead atoms. The Labute approximate surface area is 95.6 Å². The Morgan fingerprint density at radius 1 is 0.933 bits per heavy atom. The van der Waals surface area contributed by atoms with Crippen molar-refractivity contribution in [2.75, 3.05) is 0 Å². The van der Waals surface area contributed by atoms with E-state index >= 15 is 0 Å². The lowest BCUT2D eigenvalue weighted by atomic mass is 9.91. The van der Waals surface area contributed by atoms with E-state index in [0.717, 1.165) is 12.7 Å². The van der Waals surface area contributed by atoms with Gasteiger partial charge in [0.25, 0.3) is 0 Å². The molecule has 1 unspecified atom stereocenters. The topological polar surface area (TPSA) is 17.1 Å². The quantitative estimate of drug-likeness (QED) is 0.382. The molecule has 0 fully saturated rings. The highest BCUT2D eigenvalue weighted by atomic mass is 16.1. The summed E-state index contributed by atoms with van der Waals surface area (Å²) in [7, 11) is 0. The minimum atomic E-state index is 0.292. The van der Waals surface area contributed by atoms with Crippen LogP contribution in [0.15, 0.2) is 0 Å². The second-order valence-electron chi connectivity index (χ2n) is 4.95. The molecule has 0 aromatic rings. The minimum absolute atomic E-state index is 0.292. The smallest absolute Gasteiger partial charge is 0.123 e. The van der Waals surface area contributed by atoms with E-state index in [2.05, 4.69) is 20.8 Å². The van der Waals surface area contributed by atoms with Crippen molar-refractivity contribution in [3.63, 3.8) is 0 Å². The third-order valence-electron chi connectivity index (χ3n) is 3.17. The highest BCUT2D eigenvalue weighted by Gasteiger charge is 2.10. The van der Waals surface area contributed by atoms with Crippen molar-refractivity contribution in [2.45, 2.75) is 72.1 Å². The van der Waals surface area contributed by atoms with Gasteiger partial charge in [0, 0.05) is 5.92 Å². The Balaban J connectivity index is 3.25. The van der Waals surface area contributed by atoms with Gasteiger partial charge in [0.2, 0.25) is 0 Å². The number of carbonyl (C=O) groups excluding carboxylic acids is 1. The molecule has 0 saturated heterocycles. The normalized spacial score (nSPS) is 13.1. The third kappa shape index (κ3) is 8.65. The minimum Gasteiger partial charge on any atom is -0.303 e. The molecule has 0 aromatic heterocycles. The Hall–Kier alpha value is -0.330. The molecule has 0 amide bonds. The number of aldehydes is 1. The Morgan fingerprint density at radius 2 is 1.47 bits per heavy atom. The van der Waals surface area contributed by atoms with Gasteiger partial charge in [-0.3, -0.25) is 0 Å². The molecule has 0 spiro atoms. The van der Waals surface area contributed by atoms with Crippen molar-refractivity contribution in [3.05, 3.63) is 0 Å². The lowest BCUT2D eigenvalue weighted by Gasteiger charge is -2.13. The molecule has 1 nitrogen and oxygen atoms in total. The molecular weight excluding hydrogens is 184 g/mol. The summed E-state index contributed by atoms with van der Waals surface area (Å²) in [5.74, 6) is 0.809. The molecule has 15 heavy (non-hydrogen) atoms. The van der Waals surface area contributed by atoms with Crippen molar-refractivity contribution in [1.82, 2.24) is 0 Å². The Morgan fingerprint density at radius 3 is 1.93 bits per heavy atom. The lowest BCUT2D eigenvalue weighted by Crippen LogP contribution is -2.09. The summed E-state index contributed by atoms with van der Waals surface area (Å²) in [6.45, 7) is 6.53. The lowest BCUT2D eigenvalue weighted by molar-refractivity contribution is -0.112. The van der Waals surface area contributed by atoms with Crippen LogP contribution in [0.2, 0.25) is 0 Å². The summed E-state index contributed by atoms with van der Waals surface area (Å²) in [5.41, 5.74) is 0. The van der Waals surface area contributed by atoms with Crippen LogP contribution in [0.1, 0.15) is 72.1 Å². The number of hydrogen-bond acceptors (Lipinski definition) is 1. The average Bonchev–Trinajstić information content (AvgIpc) is 2.21. The van der Waals surface area contributed by atoms with Crippen molar-refractivity contribution in [2.24, 2.45) is 11.8 Å². The maximum Gasteiger partial charge on any atom is 0.123 e.